The molecule has 0 aliphatic rings. The molecular weight excluding hydrogens is 260 g/mol. The largest absolute Gasteiger partial charge is 0.454 e. The van der Waals surface area contributed by atoms with E-state index >= 15 is 0 Å². The van der Waals surface area contributed by atoms with E-state index in [-0.39, 0.29) is 11.7 Å². The van der Waals surface area contributed by atoms with Crippen molar-refractivity contribution < 1.29 is 9.66 Å². The first-order valence-electron chi connectivity index (χ1n) is 6.19. The van der Waals surface area contributed by atoms with Crippen molar-refractivity contribution in [2.45, 2.75) is 19.9 Å². The summed E-state index contributed by atoms with van der Waals surface area (Å²) in [6, 6.07) is 4.75. The second-order valence-corrected chi connectivity index (χ2v) is 4.57. The Kier molecular flexibility index (Phi) is 3.88. The summed E-state index contributed by atoms with van der Waals surface area (Å²) < 4.78 is 7.37. The van der Waals surface area contributed by atoms with Gasteiger partial charge in [0.15, 0.2) is 5.75 Å². The van der Waals surface area contributed by atoms with Crippen LogP contribution < -0.4 is 10.1 Å². The lowest BCUT2D eigenvalue weighted by Crippen LogP contribution is -1.99. The van der Waals surface area contributed by atoms with Crippen LogP contribution in [0.25, 0.3) is 0 Å². The number of nitrogens with one attached hydrogen (secondary N) is 1. The van der Waals surface area contributed by atoms with E-state index in [2.05, 4.69) is 10.4 Å². The normalized spacial score (nSPS) is 10.6. The van der Waals surface area contributed by atoms with Crippen LogP contribution in [-0.2, 0) is 0 Å². The quantitative estimate of drug-likeness (QED) is 0.669. The van der Waals surface area contributed by atoms with Crippen LogP contribution in [0.3, 0.4) is 0 Å². The van der Waals surface area contributed by atoms with Gasteiger partial charge >= 0.3 is 0 Å². The van der Waals surface area contributed by atoms with Crippen molar-refractivity contribution in [2.75, 3.05) is 12.4 Å². The fraction of sp³-hybridized carbons (Fsp3) is 0.308. The van der Waals surface area contributed by atoms with Crippen LogP contribution in [-0.4, -0.2) is 21.8 Å². The number of ether oxygens (including phenoxy) is 1. The summed E-state index contributed by atoms with van der Waals surface area (Å²) in [7, 11) is 1.69. The highest BCUT2D eigenvalue weighted by Gasteiger charge is 2.11. The topological polar surface area (TPSA) is 82.2 Å². The minimum absolute atomic E-state index is 0.0249. The molecule has 1 aromatic carbocycles. The Balaban J connectivity index is 2.27. The van der Waals surface area contributed by atoms with Gasteiger partial charge in [0.2, 0.25) is 0 Å². The minimum atomic E-state index is -0.453. The zero-order valence-electron chi connectivity index (χ0n) is 11.5. The van der Waals surface area contributed by atoms with Crippen molar-refractivity contribution in [3.05, 3.63) is 40.7 Å². The molecule has 0 radical (unpaired) electrons. The smallest absolute Gasteiger partial charge is 0.275 e. The van der Waals surface area contributed by atoms with Crippen LogP contribution in [0.5, 0.6) is 11.5 Å². The number of hydrogen-bond donors (Lipinski definition) is 1. The van der Waals surface area contributed by atoms with Gasteiger partial charge in [-0.3, -0.25) is 14.8 Å². The third kappa shape index (κ3) is 3.05. The van der Waals surface area contributed by atoms with Crippen LogP contribution in [0, 0.1) is 10.1 Å². The van der Waals surface area contributed by atoms with Gasteiger partial charge in [-0.25, -0.2) is 0 Å². The predicted octanol–water partition coefficient (Wildman–Crippen LogP) is 3.21. The summed E-state index contributed by atoms with van der Waals surface area (Å²) in [6.45, 7) is 4.01. The molecule has 0 fully saturated rings. The van der Waals surface area contributed by atoms with E-state index in [1.165, 1.54) is 12.1 Å². The number of nitro groups is 1. The molecule has 0 aliphatic carbocycles. The van der Waals surface area contributed by atoms with E-state index in [9.17, 15) is 10.1 Å². The fourth-order valence-electron chi connectivity index (χ4n) is 1.68. The summed E-state index contributed by atoms with van der Waals surface area (Å²) in [5.74, 6) is 0.938. The van der Waals surface area contributed by atoms with E-state index in [1.54, 1.807) is 30.2 Å². The number of benzene rings is 1. The van der Waals surface area contributed by atoms with E-state index < -0.39 is 4.92 Å². The highest BCUT2D eigenvalue weighted by atomic mass is 16.6. The molecule has 20 heavy (non-hydrogen) atoms. The number of nitrogens with zero attached hydrogens (tertiary/aromatic N) is 3. The summed E-state index contributed by atoms with van der Waals surface area (Å²) in [5, 5.41) is 17.9. The van der Waals surface area contributed by atoms with Crippen LogP contribution in [0.1, 0.15) is 19.9 Å². The Labute approximate surface area is 116 Å². The van der Waals surface area contributed by atoms with Gasteiger partial charge in [0, 0.05) is 30.9 Å². The van der Waals surface area contributed by atoms with Gasteiger partial charge < -0.3 is 10.1 Å². The Hall–Kier alpha value is -2.57. The molecule has 0 amide bonds. The first-order chi connectivity index (χ1) is 9.49. The fourth-order valence-corrected chi connectivity index (χ4v) is 1.68. The molecule has 0 saturated heterocycles. The second kappa shape index (κ2) is 5.60. The number of non-ortho nitro benzene ring substituents is 1. The van der Waals surface area contributed by atoms with Gasteiger partial charge in [-0.05, 0) is 13.8 Å². The first kappa shape index (κ1) is 13.9. The van der Waals surface area contributed by atoms with Gasteiger partial charge in [0.25, 0.3) is 5.69 Å². The summed E-state index contributed by atoms with van der Waals surface area (Å²) in [4.78, 5) is 10.4. The first-order valence-corrected chi connectivity index (χ1v) is 6.19. The molecule has 0 atom stereocenters. The van der Waals surface area contributed by atoms with Crippen molar-refractivity contribution in [1.29, 1.82) is 0 Å². The third-order valence-corrected chi connectivity index (χ3v) is 2.73. The Morgan fingerprint density at radius 2 is 2.10 bits per heavy atom. The molecule has 0 unspecified atom stereocenters. The highest BCUT2D eigenvalue weighted by Crippen LogP contribution is 2.29. The third-order valence-electron chi connectivity index (χ3n) is 2.73. The molecule has 1 N–H and O–H groups in total. The second-order valence-electron chi connectivity index (χ2n) is 4.57. The van der Waals surface area contributed by atoms with E-state index in [4.69, 9.17) is 4.74 Å². The van der Waals surface area contributed by atoms with Crippen molar-refractivity contribution in [2.24, 2.45) is 0 Å². The van der Waals surface area contributed by atoms with Crippen molar-refractivity contribution in [1.82, 2.24) is 9.78 Å². The van der Waals surface area contributed by atoms with Crippen molar-refractivity contribution in [3.63, 3.8) is 0 Å². The summed E-state index contributed by atoms with van der Waals surface area (Å²) in [6.07, 6.45) is 3.33. The Morgan fingerprint density at radius 3 is 2.65 bits per heavy atom. The summed E-state index contributed by atoms with van der Waals surface area (Å²) >= 11 is 0. The zero-order chi connectivity index (χ0) is 14.7. The average molecular weight is 276 g/mol. The van der Waals surface area contributed by atoms with Crippen molar-refractivity contribution in [3.8, 4) is 11.5 Å². The van der Waals surface area contributed by atoms with E-state index in [1.807, 2.05) is 13.8 Å². The lowest BCUT2D eigenvalue weighted by molar-refractivity contribution is -0.384. The maximum Gasteiger partial charge on any atom is 0.275 e. The maximum atomic E-state index is 10.9. The van der Waals surface area contributed by atoms with Crippen LogP contribution in [0.4, 0.5) is 11.4 Å². The van der Waals surface area contributed by atoms with Gasteiger partial charge in [-0.1, -0.05) is 0 Å². The molecule has 1 heterocycles. The SMILES string of the molecule is CNc1cc(Oc2cnn(C(C)C)c2)cc([N+](=O)[O-])c1. The van der Waals surface area contributed by atoms with E-state index in [0.29, 0.717) is 17.2 Å². The molecule has 0 bridgehead atoms. The lowest BCUT2D eigenvalue weighted by Gasteiger charge is -2.06. The Morgan fingerprint density at radius 1 is 1.35 bits per heavy atom. The molecule has 0 aliphatic heterocycles. The summed E-state index contributed by atoms with van der Waals surface area (Å²) in [5.41, 5.74) is 0.591. The van der Waals surface area contributed by atoms with Crippen molar-refractivity contribution >= 4 is 11.4 Å². The van der Waals surface area contributed by atoms with Gasteiger partial charge in [-0.15, -0.1) is 0 Å². The van der Waals surface area contributed by atoms with E-state index in [0.717, 1.165) is 0 Å². The number of aromatic nitrogens is 2. The number of hydrogen-bond acceptors (Lipinski definition) is 5. The monoisotopic (exact) mass is 276 g/mol. The highest BCUT2D eigenvalue weighted by molar-refractivity contribution is 5.56. The standard InChI is InChI=1S/C13H16N4O3/c1-9(2)16-8-13(7-15-16)20-12-5-10(14-3)4-11(6-12)17(18)19/h4-9,14H,1-3H3. The molecule has 2 rings (SSSR count). The molecule has 0 spiro atoms. The molecule has 7 heteroatoms. The molecule has 2 aromatic rings. The van der Waals surface area contributed by atoms with Crippen LogP contribution in [0.2, 0.25) is 0 Å². The van der Waals surface area contributed by atoms with Crippen LogP contribution in [0.15, 0.2) is 30.6 Å². The zero-order valence-corrected chi connectivity index (χ0v) is 11.5. The van der Waals surface area contributed by atoms with Gasteiger partial charge in [-0.2, -0.15) is 5.10 Å². The molecule has 106 valence electrons. The predicted molar refractivity (Wildman–Crippen MR) is 75.3 cm³/mol. The Bertz CT molecular complexity index is 622. The molecular formula is C13H16N4O3. The number of nitro benzene ring substituents is 1. The molecule has 7 nitrogen and oxygen atoms in total. The number of rotatable bonds is 5. The van der Waals surface area contributed by atoms with Gasteiger partial charge in [0.1, 0.15) is 5.75 Å². The maximum absolute atomic E-state index is 10.9. The minimum Gasteiger partial charge on any atom is -0.454 e. The van der Waals surface area contributed by atoms with Gasteiger partial charge in [0.05, 0.1) is 23.4 Å². The molecule has 1 aromatic heterocycles. The average Bonchev–Trinajstić information content (AvgIpc) is 2.87. The lowest BCUT2D eigenvalue weighted by atomic mass is 10.2. The molecule has 0 saturated carbocycles. The number of anilines is 1. The van der Waals surface area contributed by atoms with Crippen LogP contribution >= 0.6 is 0 Å².